The molecule has 6 heteroatoms. The molecule has 142 valence electrons. The molecule has 26 heavy (non-hydrogen) atoms. The summed E-state index contributed by atoms with van der Waals surface area (Å²) in [7, 11) is 3.30. The van der Waals surface area contributed by atoms with Gasteiger partial charge in [-0.2, -0.15) is 23.5 Å². The largest absolute Gasteiger partial charge is 0.497 e. The van der Waals surface area contributed by atoms with Crippen molar-refractivity contribution in [2.45, 2.75) is 23.7 Å². The van der Waals surface area contributed by atoms with Gasteiger partial charge in [-0.15, -0.1) is 0 Å². The van der Waals surface area contributed by atoms with Crippen molar-refractivity contribution in [3.05, 3.63) is 59.7 Å². The number of ether oxygens (including phenoxy) is 2. The highest BCUT2D eigenvalue weighted by molar-refractivity contribution is 7.98. The third kappa shape index (κ3) is 7.11. The molecule has 0 saturated heterocycles. The van der Waals surface area contributed by atoms with Crippen molar-refractivity contribution >= 4 is 23.5 Å². The highest BCUT2D eigenvalue weighted by Crippen LogP contribution is 2.21. The Bertz CT molecular complexity index is 608. The van der Waals surface area contributed by atoms with Gasteiger partial charge in [0.05, 0.1) is 26.4 Å². The number of thioether (sulfide) groups is 2. The molecule has 0 bridgehead atoms. The van der Waals surface area contributed by atoms with E-state index in [2.05, 4.69) is 0 Å². The Labute approximate surface area is 163 Å². The first-order valence-electron chi connectivity index (χ1n) is 8.40. The van der Waals surface area contributed by atoms with Gasteiger partial charge >= 0.3 is 0 Å². The van der Waals surface area contributed by atoms with Crippen LogP contribution in [0.3, 0.4) is 0 Å². The average Bonchev–Trinajstić information content (AvgIpc) is 2.68. The Kier molecular flexibility index (Phi) is 9.18. The van der Waals surface area contributed by atoms with E-state index < -0.39 is 12.2 Å². The van der Waals surface area contributed by atoms with Crippen LogP contribution >= 0.6 is 23.5 Å². The van der Waals surface area contributed by atoms with Crippen LogP contribution in [-0.4, -0.2) is 48.1 Å². The number of aliphatic hydroxyl groups excluding tert-OH is 2. The normalized spacial score (nSPS) is 13.2. The second-order valence-corrected chi connectivity index (χ2v) is 7.93. The molecule has 0 saturated carbocycles. The van der Waals surface area contributed by atoms with Crippen molar-refractivity contribution in [1.29, 1.82) is 0 Å². The fourth-order valence-corrected chi connectivity index (χ4v) is 4.34. The SMILES string of the molecule is COc1cccc(CSCC(O)C(O)CSCc2cccc(OC)c2)c1. The highest BCUT2D eigenvalue weighted by atomic mass is 32.2. The van der Waals surface area contributed by atoms with Gasteiger partial charge in [-0.1, -0.05) is 24.3 Å². The molecule has 0 fully saturated rings. The summed E-state index contributed by atoms with van der Waals surface area (Å²) < 4.78 is 10.4. The minimum atomic E-state index is -0.733. The standard InChI is InChI=1S/C20H26O4S2/c1-23-17-7-3-5-15(9-17)11-25-13-19(21)20(22)14-26-12-16-6-4-8-18(10-16)24-2/h3-10,19-22H,11-14H2,1-2H3. The predicted molar refractivity (Wildman–Crippen MR) is 110 cm³/mol. The number of hydrogen-bond acceptors (Lipinski definition) is 6. The monoisotopic (exact) mass is 394 g/mol. The molecule has 0 radical (unpaired) electrons. The molecule has 2 aromatic rings. The molecule has 0 spiro atoms. The van der Waals surface area contributed by atoms with Gasteiger partial charge in [-0.25, -0.2) is 0 Å². The van der Waals surface area contributed by atoms with Crippen LogP contribution in [0.2, 0.25) is 0 Å². The van der Waals surface area contributed by atoms with Crippen LogP contribution in [0.15, 0.2) is 48.5 Å². The molecule has 2 atom stereocenters. The van der Waals surface area contributed by atoms with E-state index in [0.717, 1.165) is 34.1 Å². The van der Waals surface area contributed by atoms with E-state index in [1.807, 2.05) is 48.5 Å². The van der Waals surface area contributed by atoms with Gasteiger partial charge < -0.3 is 19.7 Å². The molecule has 2 N–H and O–H groups in total. The predicted octanol–water partition coefficient (Wildman–Crippen LogP) is 3.59. The third-order valence-electron chi connectivity index (χ3n) is 3.83. The lowest BCUT2D eigenvalue weighted by Crippen LogP contribution is -2.30. The second kappa shape index (κ2) is 11.4. The maximum atomic E-state index is 10.1. The molecule has 0 heterocycles. The van der Waals surface area contributed by atoms with Crippen LogP contribution in [0.25, 0.3) is 0 Å². The number of hydrogen-bond donors (Lipinski definition) is 2. The summed E-state index contributed by atoms with van der Waals surface area (Å²) in [6.45, 7) is 0. The Morgan fingerprint density at radius 3 is 1.58 bits per heavy atom. The summed E-state index contributed by atoms with van der Waals surface area (Å²) in [4.78, 5) is 0. The van der Waals surface area contributed by atoms with E-state index in [9.17, 15) is 10.2 Å². The van der Waals surface area contributed by atoms with Crippen LogP contribution in [-0.2, 0) is 11.5 Å². The molecular formula is C20H26O4S2. The summed E-state index contributed by atoms with van der Waals surface area (Å²) in [5.74, 6) is 4.21. The summed E-state index contributed by atoms with van der Waals surface area (Å²) in [5.41, 5.74) is 2.28. The lowest BCUT2D eigenvalue weighted by molar-refractivity contribution is 0.0500. The zero-order valence-electron chi connectivity index (χ0n) is 15.1. The van der Waals surface area contributed by atoms with Crippen molar-refractivity contribution in [1.82, 2.24) is 0 Å². The molecule has 2 aromatic carbocycles. The molecule has 0 amide bonds. The zero-order chi connectivity index (χ0) is 18.8. The first-order chi connectivity index (χ1) is 12.6. The van der Waals surface area contributed by atoms with E-state index in [1.165, 1.54) is 0 Å². The van der Waals surface area contributed by atoms with Gasteiger partial charge in [0.25, 0.3) is 0 Å². The molecule has 2 unspecified atom stereocenters. The summed E-state index contributed by atoms with van der Waals surface area (Å²) in [6, 6.07) is 15.8. The van der Waals surface area contributed by atoms with E-state index in [1.54, 1.807) is 37.7 Å². The van der Waals surface area contributed by atoms with Crippen LogP contribution in [0.5, 0.6) is 11.5 Å². The van der Waals surface area contributed by atoms with Crippen molar-refractivity contribution in [3.8, 4) is 11.5 Å². The van der Waals surface area contributed by atoms with Crippen molar-refractivity contribution in [2.75, 3.05) is 25.7 Å². The molecular weight excluding hydrogens is 368 g/mol. The van der Waals surface area contributed by atoms with Crippen LogP contribution in [0.4, 0.5) is 0 Å². The Hall–Kier alpha value is -1.34. The van der Waals surface area contributed by atoms with Gasteiger partial charge in [0.1, 0.15) is 11.5 Å². The van der Waals surface area contributed by atoms with E-state index >= 15 is 0 Å². The van der Waals surface area contributed by atoms with Crippen LogP contribution in [0.1, 0.15) is 11.1 Å². The van der Waals surface area contributed by atoms with Crippen LogP contribution in [0, 0.1) is 0 Å². The minimum absolute atomic E-state index is 0.498. The molecule has 0 aliphatic rings. The fourth-order valence-electron chi connectivity index (χ4n) is 2.34. The lowest BCUT2D eigenvalue weighted by Gasteiger charge is -2.17. The van der Waals surface area contributed by atoms with Gasteiger partial charge in [0, 0.05) is 23.0 Å². The number of aliphatic hydroxyl groups is 2. The number of methoxy groups -OCH3 is 2. The summed E-state index contributed by atoms with van der Waals surface area (Å²) in [6.07, 6.45) is -1.47. The summed E-state index contributed by atoms with van der Waals surface area (Å²) >= 11 is 3.21. The first-order valence-corrected chi connectivity index (χ1v) is 10.7. The van der Waals surface area contributed by atoms with Gasteiger partial charge in [-0.05, 0) is 35.4 Å². The fraction of sp³-hybridized carbons (Fsp3) is 0.400. The Balaban J connectivity index is 1.67. The molecule has 2 rings (SSSR count). The lowest BCUT2D eigenvalue weighted by atomic mass is 10.2. The molecule has 4 nitrogen and oxygen atoms in total. The van der Waals surface area contributed by atoms with Gasteiger partial charge in [-0.3, -0.25) is 0 Å². The second-order valence-electron chi connectivity index (χ2n) is 5.87. The molecule has 0 aliphatic carbocycles. The Morgan fingerprint density at radius 1 is 0.769 bits per heavy atom. The minimum Gasteiger partial charge on any atom is -0.497 e. The van der Waals surface area contributed by atoms with Crippen LogP contribution < -0.4 is 9.47 Å². The maximum Gasteiger partial charge on any atom is 0.119 e. The van der Waals surface area contributed by atoms with E-state index in [4.69, 9.17) is 9.47 Å². The van der Waals surface area contributed by atoms with Gasteiger partial charge in [0.2, 0.25) is 0 Å². The average molecular weight is 395 g/mol. The summed E-state index contributed by atoms with van der Waals surface area (Å²) in [5, 5.41) is 20.3. The quantitative estimate of drug-likeness (QED) is 0.607. The molecule has 0 aliphatic heterocycles. The topological polar surface area (TPSA) is 58.9 Å². The Morgan fingerprint density at radius 2 is 1.19 bits per heavy atom. The van der Waals surface area contributed by atoms with Crippen molar-refractivity contribution in [3.63, 3.8) is 0 Å². The number of rotatable bonds is 11. The number of benzene rings is 2. The highest BCUT2D eigenvalue weighted by Gasteiger charge is 2.16. The van der Waals surface area contributed by atoms with E-state index in [0.29, 0.717) is 11.5 Å². The smallest absolute Gasteiger partial charge is 0.119 e. The first kappa shape index (κ1) is 21.0. The zero-order valence-corrected chi connectivity index (χ0v) is 16.8. The molecule has 0 aromatic heterocycles. The maximum absolute atomic E-state index is 10.1. The van der Waals surface area contributed by atoms with Crippen molar-refractivity contribution < 1.29 is 19.7 Å². The van der Waals surface area contributed by atoms with E-state index in [-0.39, 0.29) is 0 Å². The van der Waals surface area contributed by atoms with Gasteiger partial charge in [0.15, 0.2) is 0 Å². The third-order valence-corrected chi connectivity index (χ3v) is 6.06. The van der Waals surface area contributed by atoms with Crippen molar-refractivity contribution in [2.24, 2.45) is 0 Å².